The van der Waals surface area contributed by atoms with E-state index in [1.165, 1.54) is 0 Å². The summed E-state index contributed by atoms with van der Waals surface area (Å²) in [4.78, 5) is 13.5. The first kappa shape index (κ1) is 11.5. The number of hydrogen-bond acceptors (Lipinski definition) is 3. The molecule has 0 aliphatic carbocycles. The molecule has 1 fully saturated rings. The van der Waals surface area contributed by atoms with Crippen molar-refractivity contribution in [1.82, 2.24) is 4.90 Å². The van der Waals surface area contributed by atoms with Gasteiger partial charge in [0.25, 0.3) is 0 Å². The molecule has 4 heteroatoms. The van der Waals surface area contributed by atoms with Crippen molar-refractivity contribution in [2.45, 2.75) is 32.2 Å². The quantitative estimate of drug-likeness (QED) is 0.713. The van der Waals surface area contributed by atoms with Gasteiger partial charge < -0.3 is 15.4 Å². The number of hydrogen-bond donors (Lipinski definition) is 1. The monoisotopic (exact) mass is 200 g/mol. The predicted molar refractivity (Wildman–Crippen MR) is 54.9 cm³/mol. The third kappa shape index (κ3) is 3.64. The minimum atomic E-state index is 0.0235. The van der Waals surface area contributed by atoms with E-state index in [4.69, 9.17) is 10.5 Å². The van der Waals surface area contributed by atoms with E-state index in [1.54, 1.807) is 0 Å². The third-order valence-corrected chi connectivity index (χ3v) is 2.46. The summed E-state index contributed by atoms with van der Waals surface area (Å²) in [6.07, 6.45) is 2.45. The first-order chi connectivity index (χ1) is 6.74. The molecule has 1 aliphatic heterocycles. The van der Waals surface area contributed by atoms with Gasteiger partial charge in [0.1, 0.15) is 0 Å². The molecule has 1 saturated heterocycles. The number of carbonyl (C=O) groups is 1. The fourth-order valence-corrected chi connectivity index (χ4v) is 1.64. The Bertz CT molecular complexity index is 179. The molecule has 0 spiro atoms. The van der Waals surface area contributed by atoms with Gasteiger partial charge in [-0.25, -0.2) is 0 Å². The van der Waals surface area contributed by atoms with Crippen LogP contribution in [0.4, 0.5) is 0 Å². The topological polar surface area (TPSA) is 55.6 Å². The number of nitrogens with two attached hydrogens (primary N) is 1. The first-order valence-corrected chi connectivity index (χ1v) is 5.35. The van der Waals surface area contributed by atoms with Crippen LogP contribution in [0.2, 0.25) is 0 Å². The van der Waals surface area contributed by atoms with Crippen molar-refractivity contribution < 1.29 is 9.53 Å². The highest BCUT2D eigenvalue weighted by Gasteiger charge is 2.18. The highest BCUT2D eigenvalue weighted by atomic mass is 16.5. The Balaban J connectivity index is 2.25. The van der Waals surface area contributed by atoms with Crippen LogP contribution in [0.3, 0.4) is 0 Å². The number of carbonyl (C=O) groups excluding carboxylic acids is 1. The normalized spacial score (nSPS) is 19.4. The van der Waals surface area contributed by atoms with E-state index >= 15 is 0 Å². The molecule has 82 valence electrons. The summed E-state index contributed by atoms with van der Waals surface area (Å²) in [5, 5.41) is 0. The van der Waals surface area contributed by atoms with Crippen LogP contribution < -0.4 is 5.73 Å². The zero-order valence-electron chi connectivity index (χ0n) is 8.87. The van der Waals surface area contributed by atoms with Gasteiger partial charge in [0.2, 0.25) is 5.91 Å². The minimum Gasteiger partial charge on any atom is -0.378 e. The van der Waals surface area contributed by atoms with E-state index in [2.05, 4.69) is 6.92 Å². The molecular formula is C10H20N2O2. The SMILES string of the molecule is CCCC(N)CC(=O)N1CCOCC1. The fraction of sp³-hybridized carbons (Fsp3) is 0.900. The van der Waals surface area contributed by atoms with Crippen LogP contribution in [0, 0.1) is 0 Å². The average Bonchev–Trinajstić information content (AvgIpc) is 2.19. The Morgan fingerprint density at radius 2 is 2.14 bits per heavy atom. The lowest BCUT2D eigenvalue weighted by molar-refractivity contribution is -0.135. The van der Waals surface area contributed by atoms with E-state index in [0.717, 1.165) is 25.9 Å². The standard InChI is InChI=1S/C10H20N2O2/c1-2-3-9(11)8-10(13)12-4-6-14-7-5-12/h9H,2-8,11H2,1H3. The second kappa shape index (κ2) is 5.98. The smallest absolute Gasteiger partial charge is 0.224 e. The molecule has 0 aromatic rings. The maximum absolute atomic E-state index is 11.7. The molecule has 14 heavy (non-hydrogen) atoms. The molecule has 1 heterocycles. The Hall–Kier alpha value is -0.610. The van der Waals surface area contributed by atoms with Gasteiger partial charge in [0, 0.05) is 25.6 Å². The third-order valence-electron chi connectivity index (χ3n) is 2.46. The molecule has 0 aromatic carbocycles. The van der Waals surface area contributed by atoms with Gasteiger partial charge in [-0.3, -0.25) is 4.79 Å². The van der Waals surface area contributed by atoms with Crippen LogP contribution in [0.1, 0.15) is 26.2 Å². The van der Waals surface area contributed by atoms with Crippen molar-refractivity contribution in [3.63, 3.8) is 0 Å². The van der Waals surface area contributed by atoms with Gasteiger partial charge in [-0.2, -0.15) is 0 Å². The molecule has 1 aliphatic rings. The molecule has 1 unspecified atom stereocenters. The number of rotatable bonds is 4. The lowest BCUT2D eigenvalue weighted by Gasteiger charge is -2.27. The van der Waals surface area contributed by atoms with Crippen molar-refractivity contribution in [2.75, 3.05) is 26.3 Å². The summed E-state index contributed by atoms with van der Waals surface area (Å²) in [5.74, 6) is 0.175. The maximum atomic E-state index is 11.7. The van der Waals surface area contributed by atoms with Crippen LogP contribution in [-0.4, -0.2) is 43.2 Å². The van der Waals surface area contributed by atoms with Crippen molar-refractivity contribution in [3.05, 3.63) is 0 Å². The summed E-state index contributed by atoms with van der Waals surface area (Å²) in [6, 6.07) is 0.0235. The van der Waals surface area contributed by atoms with Gasteiger partial charge in [0.15, 0.2) is 0 Å². The summed E-state index contributed by atoms with van der Waals surface area (Å²) < 4.78 is 5.18. The number of amides is 1. The molecule has 1 rings (SSSR count). The van der Waals surface area contributed by atoms with E-state index in [0.29, 0.717) is 19.6 Å². The summed E-state index contributed by atoms with van der Waals surface area (Å²) >= 11 is 0. The highest BCUT2D eigenvalue weighted by molar-refractivity contribution is 5.76. The van der Waals surface area contributed by atoms with Crippen LogP contribution in [0.15, 0.2) is 0 Å². The van der Waals surface area contributed by atoms with E-state index < -0.39 is 0 Å². The Morgan fingerprint density at radius 1 is 1.50 bits per heavy atom. The van der Waals surface area contributed by atoms with Gasteiger partial charge in [-0.05, 0) is 6.42 Å². The summed E-state index contributed by atoms with van der Waals surface area (Å²) in [5.41, 5.74) is 5.81. The molecule has 0 radical (unpaired) electrons. The van der Waals surface area contributed by atoms with Crippen LogP contribution in [0.25, 0.3) is 0 Å². The van der Waals surface area contributed by atoms with Crippen molar-refractivity contribution >= 4 is 5.91 Å². The average molecular weight is 200 g/mol. The van der Waals surface area contributed by atoms with E-state index in [-0.39, 0.29) is 11.9 Å². The van der Waals surface area contributed by atoms with E-state index in [1.807, 2.05) is 4.90 Å². The molecular weight excluding hydrogens is 180 g/mol. The number of morpholine rings is 1. The molecule has 4 nitrogen and oxygen atoms in total. The lowest BCUT2D eigenvalue weighted by Crippen LogP contribution is -2.42. The zero-order chi connectivity index (χ0) is 10.4. The van der Waals surface area contributed by atoms with E-state index in [9.17, 15) is 4.79 Å². The highest BCUT2D eigenvalue weighted by Crippen LogP contribution is 2.04. The molecule has 0 bridgehead atoms. The van der Waals surface area contributed by atoms with Crippen molar-refractivity contribution in [3.8, 4) is 0 Å². The molecule has 0 aromatic heterocycles. The van der Waals surface area contributed by atoms with Gasteiger partial charge in [-0.1, -0.05) is 13.3 Å². The Kier molecular flexibility index (Phi) is 4.90. The number of ether oxygens (including phenoxy) is 1. The minimum absolute atomic E-state index is 0.0235. The molecule has 1 amide bonds. The summed E-state index contributed by atoms with van der Waals surface area (Å²) in [7, 11) is 0. The van der Waals surface area contributed by atoms with Crippen LogP contribution in [-0.2, 0) is 9.53 Å². The maximum Gasteiger partial charge on any atom is 0.224 e. The largest absolute Gasteiger partial charge is 0.378 e. The van der Waals surface area contributed by atoms with Crippen LogP contribution >= 0.6 is 0 Å². The zero-order valence-corrected chi connectivity index (χ0v) is 8.87. The second-order valence-electron chi connectivity index (χ2n) is 3.75. The fourth-order valence-electron chi connectivity index (χ4n) is 1.64. The molecule has 1 atom stereocenters. The number of nitrogens with zero attached hydrogens (tertiary/aromatic N) is 1. The van der Waals surface area contributed by atoms with Crippen molar-refractivity contribution in [2.24, 2.45) is 5.73 Å². The molecule has 0 saturated carbocycles. The molecule has 2 N–H and O–H groups in total. The van der Waals surface area contributed by atoms with Gasteiger partial charge in [-0.15, -0.1) is 0 Å². The lowest BCUT2D eigenvalue weighted by atomic mass is 10.1. The van der Waals surface area contributed by atoms with Crippen molar-refractivity contribution in [1.29, 1.82) is 0 Å². The predicted octanol–water partition coefficient (Wildman–Crippen LogP) is 0.363. The Morgan fingerprint density at radius 3 is 2.71 bits per heavy atom. The van der Waals surface area contributed by atoms with Gasteiger partial charge >= 0.3 is 0 Å². The van der Waals surface area contributed by atoms with Gasteiger partial charge in [0.05, 0.1) is 13.2 Å². The first-order valence-electron chi connectivity index (χ1n) is 5.35. The second-order valence-corrected chi connectivity index (χ2v) is 3.75. The van der Waals surface area contributed by atoms with Crippen LogP contribution in [0.5, 0.6) is 0 Å². The summed E-state index contributed by atoms with van der Waals surface area (Å²) in [6.45, 7) is 4.85. The Labute approximate surface area is 85.4 Å².